The van der Waals surface area contributed by atoms with Crippen LogP contribution in [0.4, 0.5) is 0 Å². The molecular formula is C18H32N4O6S. The number of thiol groups is 1. The van der Waals surface area contributed by atoms with Gasteiger partial charge in [-0.15, -0.1) is 0 Å². The molecule has 0 saturated carbocycles. The van der Waals surface area contributed by atoms with E-state index in [1.807, 2.05) is 13.8 Å². The van der Waals surface area contributed by atoms with Crippen LogP contribution in [0.3, 0.4) is 0 Å². The van der Waals surface area contributed by atoms with Gasteiger partial charge < -0.3 is 31.5 Å². The minimum Gasteiger partial charge on any atom is -0.480 e. The Balaban J connectivity index is 2.79. The van der Waals surface area contributed by atoms with Crippen LogP contribution in [0.1, 0.15) is 40.0 Å². The lowest BCUT2D eigenvalue weighted by Crippen LogP contribution is -2.58. The lowest BCUT2D eigenvalue weighted by molar-refractivity contribution is -0.143. The molecule has 6 N–H and O–H groups in total. The zero-order valence-electron chi connectivity index (χ0n) is 17.0. The maximum absolute atomic E-state index is 12.7. The molecule has 166 valence electrons. The summed E-state index contributed by atoms with van der Waals surface area (Å²) in [5, 5.41) is 23.8. The minimum atomic E-state index is -1.16. The Bertz CT molecular complexity index is 615. The monoisotopic (exact) mass is 432 g/mol. The second-order valence-corrected chi connectivity index (χ2v) is 8.09. The molecule has 1 aliphatic heterocycles. The van der Waals surface area contributed by atoms with Gasteiger partial charge in [-0.3, -0.25) is 14.4 Å². The summed E-state index contributed by atoms with van der Waals surface area (Å²) >= 11 is 4.08. The largest absolute Gasteiger partial charge is 0.480 e. The van der Waals surface area contributed by atoms with E-state index in [0.717, 1.165) is 0 Å². The van der Waals surface area contributed by atoms with Crippen LogP contribution in [0.2, 0.25) is 0 Å². The third-order valence-corrected chi connectivity index (χ3v) is 5.15. The minimum absolute atomic E-state index is 0.0422. The van der Waals surface area contributed by atoms with Gasteiger partial charge in [0.25, 0.3) is 0 Å². The molecule has 0 aromatic heterocycles. The van der Waals surface area contributed by atoms with Crippen molar-refractivity contribution in [1.82, 2.24) is 15.5 Å². The zero-order chi connectivity index (χ0) is 22.3. The molecule has 11 heteroatoms. The Morgan fingerprint density at radius 2 is 1.79 bits per heavy atom. The van der Waals surface area contributed by atoms with Crippen molar-refractivity contribution >= 4 is 36.3 Å². The summed E-state index contributed by atoms with van der Waals surface area (Å²) in [4.78, 5) is 50.2. The van der Waals surface area contributed by atoms with Crippen LogP contribution in [0.15, 0.2) is 0 Å². The lowest BCUT2D eigenvalue weighted by atomic mass is 10.0. The number of amides is 3. The summed E-state index contributed by atoms with van der Waals surface area (Å²) in [6.45, 7) is 5.39. The highest BCUT2D eigenvalue weighted by Gasteiger charge is 2.38. The van der Waals surface area contributed by atoms with Crippen molar-refractivity contribution in [3.8, 4) is 0 Å². The standard InChI is InChI=1S/C18H32N4O6S/c1-9(2)7-11(18(27)28)20-15(24)12(8-29)21-16(25)13-5-4-6-22(13)17(26)14(19)10(3)23/h9-14,23,29H,4-8,19H2,1-3H3,(H,20,24)(H,21,25)(H,27,28). The van der Waals surface area contributed by atoms with E-state index in [1.54, 1.807) is 0 Å². The summed E-state index contributed by atoms with van der Waals surface area (Å²) < 4.78 is 0. The highest BCUT2D eigenvalue weighted by atomic mass is 32.1. The molecule has 0 aromatic carbocycles. The maximum atomic E-state index is 12.7. The summed E-state index contributed by atoms with van der Waals surface area (Å²) in [7, 11) is 0. The predicted octanol–water partition coefficient (Wildman–Crippen LogP) is -1.28. The maximum Gasteiger partial charge on any atom is 0.326 e. The number of aliphatic hydroxyl groups is 1. The number of aliphatic hydroxyl groups excluding tert-OH is 1. The number of carbonyl (C=O) groups is 4. The Hall–Kier alpha value is -1.85. The highest BCUT2D eigenvalue weighted by Crippen LogP contribution is 2.19. The van der Waals surface area contributed by atoms with Gasteiger partial charge in [-0.05, 0) is 32.1 Å². The van der Waals surface area contributed by atoms with E-state index >= 15 is 0 Å². The molecule has 5 unspecified atom stereocenters. The van der Waals surface area contributed by atoms with Gasteiger partial charge in [-0.2, -0.15) is 12.6 Å². The molecule has 29 heavy (non-hydrogen) atoms. The topological polar surface area (TPSA) is 162 Å². The summed E-state index contributed by atoms with van der Waals surface area (Å²) in [6.07, 6.45) is 0.174. The smallest absolute Gasteiger partial charge is 0.326 e. The number of hydrogen-bond acceptors (Lipinski definition) is 7. The van der Waals surface area contributed by atoms with E-state index in [0.29, 0.717) is 19.4 Å². The Labute approximate surface area is 176 Å². The number of carboxylic acid groups (broad SMARTS) is 1. The molecule has 0 bridgehead atoms. The zero-order valence-corrected chi connectivity index (χ0v) is 17.9. The van der Waals surface area contributed by atoms with Crippen molar-refractivity contribution in [2.45, 2.75) is 70.3 Å². The average molecular weight is 433 g/mol. The van der Waals surface area contributed by atoms with Gasteiger partial charge in [0.05, 0.1) is 6.10 Å². The molecule has 1 aliphatic rings. The van der Waals surface area contributed by atoms with Gasteiger partial charge in [-0.25, -0.2) is 4.79 Å². The van der Waals surface area contributed by atoms with Crippen LogP contribution in [0.25, 0.3) is 0 Å². The van der Waals surface area contributed by atoms with E-state index in [9.17, 15) is 29.4 Å². The fourth-order valence-electron chi connectivity index (χ4n) is 3.13. The quantitative estimate of drug-likeness (QED) is 0.234. The molecule has 10 nitrogen and oxygen atoms in total. The average Bonchev–Trinajstić information content (AvgIpc) is 3.13. The van der Waals surface area contributed by atoms with Gasteiger partial charge in [-0.1, -0.05) is 13.8 Å². The summed E-state index contributed by atoms with van der Waals surface area (Å²) in [5.41, 5.74) is 5.70. The molecule has 0 aromatic rings. The third-order valence-electron chi connectivity index (χ3n) is 4.78. The van der Waals surface area contributed by atoms with E-state index < -0.39 is 54.0 Å². The molecule has 1 rings (SSSR count). The van der Waals surface area contributed by atoms with Crippen molar-refractivity contribution in [2.24, 2.45) is 11.7 Å². The Kier molecular flexibility index (Phi) is 9.87. The number of nitrogens with two attached hydrogens (primary N) is 1. The van der Waals surface area contributed by atoms with Crippen molar-refractivity contribution < 1.29 is 29.4 Å². The number of nitrogens with one attached hydrogen (secondary N) is 2. The lowest BCUT2D eigenvalue weighted by Gasteiger charge is -2.29. The van der Waals surface area contributed by atoms with E-state index in [-0.39, 0.29) is 18.1 Å². The first-order valence-corrected chi connectivity index (χ1v) is 10.3. The number of hydrogen-bond donors (Lipinski definition) is 6. The SMILES string of the molecule is CC(C)CC(NC(=O)C(CS)NC(=O)C1CCCN1C(=O)C(N)C(C)O)C(=O)O. The first kappa shape index (κ1) is 25.2. The van der Waals surface area contributed by atoms with Gasteiger partial charge in [0.2, 0.25) is 17.7 Å². The molecule has 1 fully saturated rings. The number of nitrogens with zero attached hydrogens (tertiary/aromatic N) is 1. The number of carbonyl (C=O) groups excluding carboxylic acids is 3. The van der Waals surface area contributed by atoms with E-state index in [1.165, 1.54) is 11.8 Å². The molecule has 0 radical (unpaired) electrons. The van der Waals surface area contributed by atoms with Crippen molar-refractivity contribution in [2.75, 3.05) is 12.3 Å². The molecule has 0 spiro atoms. The van der Waals surface area contributed by atoms with Crippen LogP contribution in [-0.4, -0.2) is 81.4 Å². The van der Waals surface area contributed by atoms with Crippen molar-refractivity contribution in [1.29, 1.82) is 0 Å². The van der Waals surface area contributed by atoms with E-state index in [2.05, 4.69) is 23.3 Å². The van der Waals surface area contributed by atoms with Crippen molar-refractivity contribution in [3.63, 3.8) is 0 Å². The van der Waals surface area contributed by atoms with Gasteiger partial charge in [0.15, 0.2) is 0 Å². The van der Waals surface area contributed by atoms with Crippen LogP contribution in [-0.2, 0) is 19.2 Å². The fraction of sp³-hybridized carbons (Fsp3) is 0.778. The van der Waals surface area contributed by atoms with Gasteiger partial charge in [0, 0.05) is 12.3 Å². The normalized spacial score (nSPS) is 20.7. The molecule has 5 atom stereocenters. The van der Waals surface area contributed by atoms with Crippen LogP contribution < -0.4 is 16.4 Å². The second-order valence-electron chi connectivity index (χ2n) is 7.73. The van der Waals surface area contributed by atoms with Gasteiger partial charge >= 0.3 is 5.97 Å². The van der Waals surface area contributed by atoms with Crippen LogP contribution >= 0.6 is 12.6 Å². The molecular weight excluding hydrogens is 400 g/mol. The molecule has 3 amide bonds. The first-order valence-electron chi connectivity index (χ1n) is 9.68. The Morgan fingerprint density at radius 3 is 2.28 bits per heavy atom. The second kappa shape index (κ2) is 11.4. The van der Waals surface area contributed by atoms with Crippen LogP contribution in [0.5, 0.6) is 0 Å². The molecule has 0 aliphatic carbocycles. The number of carboxylic acids is 1. The summed E-state index contributed by atoms with van der Waals surface area (Å²) in [6, 6.07) is -4.08. The van der Waals surface area contributed by atoms with Crippen LogP contribution in [0, 0.1) is 5.92 Å². The predicted molar refractivity (Wildman–Crippen MR) is 109 cm³/mol. The third kappa shape index (κ3) is 7.16. The van der Waals surface area contributed by atoms with Crippen molar-refractivity contribution in [3.05, 3.63) is 0 Å². The number of aliphatic carboxylic acids is 1. The fourth-order valence-corrected chi connectivity index (χ4v) is 3.39. The Morgan fingerprint density at radius 1 is 1.17 bits per heavy atom. The number of likely N-dealkylation sites (tertiary alicyclic amines) is 1. The molecule has 1 saturated heterocycles. The highest BCUT2D eigenvalue weighted by molar-refractivity contribution is 7.80. The van der Waals surface area contributed by atoms with Gasteiger partial charge in [0.1, 0.15) is 24.2 Å². The summed E-state index contributed by atoms with van der Waals surface area (Å²) in [5.74, 6) is -2.88. The molecule has 1 heterocycles. The number of rotatable bonds is 10. The first-order chi connectivity index (χ1) is 13.5. The van der Waals surface area contributed by atoms with E-state index in [4.69, 9.17) is 5.73 Å².